The number of carbonyl (C=O) groups excluding carboxylic acids is 1. The van der Waals surface area contributed by atoms with Gasteiger partial charge in [-0.2, -0.15) is 0 Å². The third-order valence-electron chi connectivity index (χ3n) is 4.03. The van der Waals surface area contributed by atoms with Gasteiger partial charge in [-0.3, -0.25) is 4.79 Å². The summed E-state index contributed by atoms with van der Waals surface area (Å²) >= 11 is 0. The number of ether oxygens (including phenoxy) is 2. The number of hydrogen-bond donors (Lipinski definition) is 1. The van der Waals surface area contributed by atoms with Crippen LogP contribution in [0.5, 0.6) is 0 Å². The molecule has 2 heterocycles. The Morgan fingerprint density at radius 3 is 2.68 bits per heavy atom. The molecule has 2 N–H and O–H groups in total. The number of rotatable bonds is 2. The van der Waals surface area contributed by atoms with Gasteiger partial charge in [-0.1, -0.05) is 0 Å². The summed E-state index contributed by atoms with van der Waals surface area (Å²) in [5, 5.41) is 0. The lowest BCUT2D eigenvalue weighted by atomic mass is 9.78. The third kappa shape index (κ3) is 3.81. The summed E-state index contributed by atoms with van der Waals surface area (Å²) in [6.07, 6.45) is 2.51. The van der Waals surface area contributed by atoms with E-state index in [-0.39, 0.29) is 24.4 Å². The average molecular weight is 293 g/mol. The predicted octanol–water partition coefficient (Wildman–Crippen LogP) is 0.801. The first-order valence-electron chi connectivity index (χ1n) is 6.87. The molecule has 0 aliphatic carbocycles. The fourth-order valence-corrected chi connectivity index (χ4v) is 2.78. The van der Waals surface area contributed by atoms with Gasteiger partial charge >= 0.3 is 0 Å². The molecule has 112 valence electrons. The topological polar surface area (TPSA) is 64.8 Å². The molecule has 1 unspecified atom stereocenters. The maximum atomic E-state index is 12.7. The van der Waals surface area contributed by atoms with E-state index in [1.54, 1.807) is 0 Å². The molecule has 0 bridgehead atoms. The molecule has 2 fully saturated rings. The average Bonchev–Trinajstić information content (AvgIpc) is 2.63. The molecule has 2 aliphatic heterocycles. The fourth-order valence-electron chi connectivity index (χ4n) is 2.78. The van der Waals surface area contributed by atoms with Crippen molar-refractivity contribution >= 4 is 18.3 Å². The smallest absolute Gasteiger partial charge is 0.230 e. The number of halogens is 1. The van der Waals surface area contributed by atoms with Crippen LogP contribution in [-0.4, -0.2) is 56.4 Å². The van der Waals surface area contributed by atoms with Crippen molar-refractivity contribution in [2.75, 3.05) is 39.5 Å². The molecule has 0 aromatic heterocycles. The Bertz CT molecular complexity index is 296. The Morgan fingerprint density at radius 1 is 1.37 bits per heavy atom. The molecule has 1 atom stereocenters. The number of hydrogen-bond acceptors (Lipinski definition) is 4. The number of nitrogens with two attached hydrogens (primary N) is 1. The van der Waals surface area contributed by atoms with Crippen LogP contribution in [0.3, 0.4) is 0 Å². The molecular formula is C13H25ClN2O3. The zero-order valence-electron chi connectivity index (χ0n) is 11.6. The number of amides is 1. The quantitative estimate of drug-likeness (QED) is 0.818. The van der Waals surface area contributed by atoms with E-state index in [1.165, 1.54) is 0 Å². The molecule has 0 radical (unpaired) electrons. The van der Waals surface area contributed by atoms with Crippen LogP contribution in [0.1, 0.15) is 26.2 Å². The minimum atomic E-state index is -0.400. The SMILES string of the molecule is CC1CN(C(=O)C2(CN)CCOCC2)CCCO1.Cl. The fraction of sp³-hybridized carbons (Fsp3) is 0.923. The Labute approximate surface area is 121 Å². The lowest BCUT2D eigenvalue weighted by molar-refractivity contribution is -0.147. The molecule has 0 saturated carbocycles. The normalized spacial score (nSPS) is 27.3. The van der Waals surface area contributed by atoms with E-state index in [9.17, 15) is 4.79 Å². The first kappa shape index (κ1) is 16.7. The lowest BCUT2D eigenvalue weighted by Crippen LogP contribution is -2.52. The van der Waals surface area contributed by atoms with Gasteiger partial charge in [-0.25, -0.2) is 0 Å². The van der Waals surface area contributed by atoms with Crippen LogP contribution < -0.4 is 5.73 Å². The maximum absolute atomic E-state index is 12.7. The van der Waals surface area contributed by atoms with E-state index in [0.717, 1.165) is 32.4 Å². The molecule has 2 rings (SSSR count). The molecule has 19 heavy (non-hydrogen) atoms. The molecule has 5 nitrogen and oxygen atoms in total. The maximum Gasteiger partial charge on any atom is 0.230 e. The molecule has 0 aromatic rings. The van der Waals surface area contributed by atoms with Crippen LogP contribution in [0, 0.1) is 5.41 Å². The van der Waals surface area contributed by atoms with E-state index in [2.05, 4.69) is 0 Å². The summed E-state index contributed by atoms with van der Waals surface area (Å²) in [5.74, 6) is 0.200. The number of carbonyl (C=O) groups is 1. The van der Waals surface area contributed by atoms with Gasteiger partial charge in [0.15, 0.2) is 0 Å². The largest absolute Gasteiger partial charge is 0.381 e. The van der Waals surface area contributed by atoms with Crippen molar-refractivity contribution in [2.45, 2.75) is 32.3 Å². The minimum absolute atomic E-state index is 0. The predicted molar refractivity (Wildman–Crippen MR) is 75.4 cm³/mol. The second-order valence-corrected chi connectivity index (χ2v) is 5.38. The molecule has 0 spiro atoms. The number of nitrogens with zero attached hydrogens (tertiary/aromatic N) is 1. The summed E-state index contributed by atoms with van der Waals surface area (Å²) in [6.45, 7) is 5.92. The van der Waals surface area contributed by atoms with Crippen molar-refractivity contribution in [3.63, 3.8) is 0 Å². The van der Waals surface area contributed by atoms with E-state index < -0.39 is 5.41 Å². The van der Waals surface area contributed by atoms with Gasteiger partial charge in [0, 0.05) is 39.5 Å². The van der Waals surface area contributed by atoms with E-state index in [1.807, 2.05) is 11.8 Å². The summed E-state index contributed by atoms with van der Waals surface area (Å²) in [5.41, 5.74) is 5.48. The van der Waals surface area contributed by atoms with Gasteiger partial charge in [0.2, 0.25) is 5.91 Å². The van der Waals surface area contributed by atoms with Gasteiger partial charge in [-0.15, -0.1) is 12.4 Å². The van der Waals surface area contributed by atoms with Gasteiger partial charge in [0.05, 0.1) is 11.5 Å². The van der Waals surface area contributed by atoms with Gasteiger partial charge in [0.25, 0.3) is 0 Å². The molecule has 6 heteroatoms. The highest BCUT2D eigenvalue weighted by Crippen LogP contribution is 2.32. The first-order chi connectivity index (χ1) is 8.68. The lowest BCUT2D eigenvalue weighted by Gasteiger charge is -2.38. The van der Waals surface area contributed by atoms with E-state index >= 15 is 0 Å². The third-order valence-corrected chi connectivity index (χ3v) is 4.03. The van der Waals surface area contributed by atoms with Gasteiger partial charge in [0.1, 0.15) is 0 Å². The minimum Gasteiger partial charge on any atom is -0.381 e. The molecule has 0 aromatic carbocycles. The van der Waals surface area contributed by atoms with E-state index in [0.29, 0.717) is 26.3 Å². The van der Waals surface area contributed by atoms with Crippen LogP contribution in [0.4, 0.5) is 0 Å². The van der Waals surface area contributed by atoms with Crippen molar-refractivity contribution in [3.05, 3.63) is 0 Å². The Balaban J connectivity index is 0.00000180. The first-order valence-corrected chi connectivity index (χ1v) is 6.87. The second kappa shape index (κ2) is 7.43. The van der Waals surface area contributed by atoms with Crippen molar-refractivity contribution < 1.29 is 14.3 Å². The second-order valence-electron chi connectivity index (χ2n) is 5.38. The summed E-state index contributed by atoms with van der Waals surface area (Å²) in [7, 11) is 0. The monoisotopic (exact) mass is 292 g/mol. The van der Waals surface area contributed by atoms with E-state index in [4.69, 9.17) is 15.2 Å². The van der Waals surface area contributed by atoms with Gasteiger partial charge < -0.3 is 20.1 Å². The van der Waals surface area contributed by atoms with Crippen LogP contribution in [0.15, 0.2) is 0 Å². The summed E-state index contributed by atoms with van der Waals surface area (Å²) in [4.78, 5) is 14.7. The molecule has 2 saturated heterocycles. The zero-order valence-corrected chi connectivity index (χ0v) is 12.4. The highest BCUT2D eigenvalue weighted by Gasteiger charge is 2.41. The van der Waals surface area contributed by atoms with Crippen molar-refractivity contribution in [1.29, 1.82) is 0 Å². The van der Waals surface area contributed by atoms with Crippen LogP contribution in [0.25, 0.3) is 0 Å². The Kier molecular flexibility index (Phi) is 6.53. The van der Waals surface area contributed by atoms with Crippen molar-refractivity contribution in [2.24, 2.45) is 11.1 Å². The van der Waals surface area contributed by atoms with Crippen molar-refractivity contribution in [1.82, 2.24) is 4.90 Å². The highest BCUT2D eigenvalue weighted by molar-refractivity contribution is 5.85. The highest BCUT2D eigenvalue weighted by atomic mass is 35.5. The van der Waals surface area contributed by atoms with Crippen LogP contribution in [-0.2, 0) is 14.3 Å². The van der Waals surface area contributed by atoms with Crippen LogP contribution >= 0.6 is 12.4 Å². The van der Waals surface area contributed by atoms with Crippen molar-refractivity contribution in [3.8, 4) is 0 Å². The zero-order chi connectivity index (χ0) is 13.0. The molecule has 1 amide bonds. The Hall–Kier alpha value is -0.360. The Morgan fingerprint density at radius 2 is 2.05 bits per heavy atom. The summed E-state index contributed by atoms with van der Waals surface area (Å²) in [6, 6.07) is 0. The molecule has 2 aliphatic rings. The summed E-state index contributed by atoms with van der Waals surface area (Å²) < 4.78 is 10.9. The van der Waals surface area contributed by atoms with Gasteiger partial charge in [-0.05, 0) is 26.2 Å². The standard InChI is InChI=1S/C13H24N2O3.ClH/c1-11-9-15(5-2-6-18-11)12(16)13(10-14)3-7-17-8-4-13;/h11H,2-10,14H2,1H3;1H. The van der Waals surface area contributed by atoms with Crippen LogP contribution in [0.2, 0.25) is 0 Å². The molecular weight excluding hydrogens is 268 g/mol.